The molecule has 0 aliphatic carbocycles. The van der Waals surface area contributed by atoms with Crippen LogP contribution in [-0.4, -0.2) is 43.4 Å². The Balaban J connectivity index is 1.55. The molecule has 2 aromatic carbocycles. The number of benzene rings is 2. The highest BCUT2D eigenvalue weighted by atomic mass is 16.2. The number of carbonyl (C=O) groups excluding carboxylic acids is 2. The fraction of sp³-hybridized carbons (Fsp3) is 0.333. The lowest BCUT2D eigenvalue weighted by atomic mass is 9.97. The van der Waals surface area contributed by atoms with Crippen LogP contribution in [0.15, 0.2) is 60.7 Å². The van der Waals surface area contributed by atoms with Gasteiger partial charge in [0.05, 0.1) is 12.5 Å². The summed E-state index contributed by atoms with van der Waals surface area (Å²) in [4.78, 5) is 28.8. The van der Waals surface area contributed by atoms with Crippen LogP contribution in [0.25, 0.3) is 0 Å². The summed E-state index contributed by atoms with van der Waals surface area (Å²) in [5.41, 5.74) is 1.70. The summed E-state index contributed by atoms with van der Waals surface area (Å²) < 4.78 is 0. The summed E-state index contributed by atoms with van der Waals surface area (Å²) >= 11 is 0. The lowest BCUT2D eigenvalue weighted by Crippen LogP contribution is -2.45. The van der Waals surface area contributed by atoms with E-state index in [4.69, 9.17) is 0 Å². The summed E-state index contributed by atoms with van der Waals surface area (Å²) in [5, 5.41) is 2.97. The molecule has 1 unspecified atom stereocenters. The van der Waals surface area contributed by atoms with Crippen molar-refractivity contribution in [2.24, 2.45) is 5.92 Å². The Kier molecular flexibility index (Phi) is 6.02. The molecule has 1 aliphatic heterocycles. The smallest absolute Gasteiger partial charge is 0.240 e. The second-order valence-corrected chi connectivity index (χ2v) is 6.72. The highest BCUT2D eigenvalue weighted by Crippen LogP contribution is 2.19. The number of likely N-dealkylation sites (tertiary alicyclic amines) is 1. The summed E-state index contributed by atoms with van der Waals surface area (Å²) in [6, 6.07) is 19.1. The van der Waals surface area contributed by atoms with E-state index in [0.717, 1.165) is 30.8 Å². The Labute approximate surface area is 154 Å². The second kappa shape index (κ2) is 8.63. The number of hydrogen-bond acceptors (Lipinski definition) is 3. The Morgan fingerprint density at radius 1 is 1.08 bits per heavy atom. The normalized spacial score (nSPS) is 17.5. The van der Waals surface area contributed by atoms with Crippen molar-refractivity contribution in [2.45, 2.75) is 12.8 Å². The first kappa shape index (κ1) is 18.1. The first-order valence-electron chi connectivity index (χ1n) is 9.03. The highest BCUT2D eigenvalue weighted by Gasteiger charge is 2.27. The average Bonchev–Trinajstić information content (AvgIpc) is 2.69. The molecule has 3 rings (SSSR count). The predicted molar refractivity (Wildman–Crippen MR) is 104 cm³/mol. The van der Waals surface area contributed by atoms with E-state index in [9.17, 15) is 9.59 Å². The quantitative estimate of drug-likeness (QED) is 0.901. The number of amides is 2. The van der Waals surface area contributed by atoms with Gasteiger partial charge in [-0.3, -0.25) is 14.5 Å². The zero-order chi connectivity index (χ0) is 18.4. The third-order valence-corrected chi connectivity index (χ3v) is 4.79. The van der Waals surface area contributed by atoms with E-state index in [1.807, 2.05) is 60.7 Å². The third kappa shape index (κ3) is 4.70. The SMILES string of the molecule is CN(C(=O)CN1CCCC(C(=O)Nc2ccccc2)C1)c1ccccc1. The molecule has 1 saturated heterocycles. The molecule has 1 atom stereocenters. The number of para-hydroxylation sites is 2. The Bertz CT molecular complexity index is 733. The molecule has 0 bridgehead atoms. The van der Waals surface area contributed by atoms with Crippen molar-refractivity contribution < 1.29 is 9.59 Å². The van der Waals surface area contributed by atoms with Gasteiger partial charge in [0.25, 0.3) is 0 Å². The lowest BCUT2D eigenvalue weighted by molar-refractivity contribution is -0.124. The number of nitrogens with one attached hydrogen (secondary N) is 1. The van der Waals surface area contributed by atoms with Crippen molar-refractivity contribution in [2.75, 3.05) is 36.9 Å². The van der Waals surface area contributed by atoms with Gasteiger partial charge in [0.15, 0.2) is 0 Å². The van der Waals surface area contributed by atoms with Crippen molar-refractivity contribution in [1.82, 2.24) is 4.90 Å². The van der Waals surface area contributed by atoms with Crippen molar-refractivity contribution in [3.63, 3.8) is 0 Å². The molecule has 1 fully saturated rings. The summed E-state index contributed by atoms with van der Waals surface area (Å²) in [5.74, 6) is -0.0103. The molecular weight excluding hydrogens is 326 g/mol. The largest absolute Gasteiger partial charge is 0.326 e. The van der Waals surface area contributed by atoms with Gasteiger partial charge in [-0.15, -0.1) is 0 Å². The van der Waals surface area contributed by atoms with Gasteiger partial charge in [-0.2, -0.15) is 0 Å². The fourth-order valence-corrected chi connectivity index (χ4v) is 3.27. The van der Waals surface area contributed by atoms with Crippen molar-refractivity contribution in [3.05, 3.63) is 60.7 Å². The maximum absolute atomic E-state index is 12.6. The number of anilines is 2. The topological polar surface area (TPSA) is 52.7 Å². The maximum atomic E-state index is 12.6. The van der Waals surface area contributed by atoms with Crippen LogP contribution in [0.3, 0.4) is 0 Å². The van der Waals surface area contributed by atoms with Crippen LogP contribution in [0.5, 0.6) is 0 Å². The maximum Gasteiger partial charge on any atom is 0.240 e. The van der Waals surface area contributed by atoms with Crippen LogP contribution in [0.1, 0.15) is 12.8 Å². The zero-order valence-electron chi connectivity index (χ0n) is 15.1. The Hall–Kier alpha value is -2.66. The van der Waals surface area contributed by atoms with Crippen molar-refractivity contribution in [1.29, 1.82) is 0 Å². The molecule has 1 heterocycles. The number of rotatable bonds is 5. The van der Waals surface area contributed by atoms with E-state index in [0.29, 0.717) is 13.1 Å². The second-order valence-electron chi connectivity index (χ2n) is 6.72. The molecule has 0 radical (unpaired) electrons. The molecule has 136 valence electrons. The molecule has 0 aromatic heterocycles. The van der Waals surface area contributed by atoms with E-state index in [1.165, 1.54) is 0 Å². The number of nitrogens with zero attached hydrogens (tertiary/aromatic N) is 2. The minimum absolute atomic E-state index is 0.0322. The van der Waals surface area contributed by atoms with Crippen LogP contribution >= 0.6 is 0 Å². The zero-order valence-corrected chi connectivity index (χ0v) is 15.1. The predicted octanol–water partition coefficient (Wildman–Crippen LogP) is 3.00. The molecule has 0 saturated carbocycles. The molecule has 1 N–H and O–H groups in total. The third-order valence-electron chi connectivity index (χ3n) is 4.79. The van der Waals surface area contributed by atoms with Gasteiger partial charge in [-0.25, -0.2) is 0 Å². The van der Waals surface area contributed by atoms with Gasteiger partial charge >= 0.3 is 0 Å². The summed E-state index contributed by atoms with van der Waals surface area (Å²) in [6.45, 7) is 1.80. The fourth-order valence-electron chi connectivity index (χ4n) is 3.27. The van der Waals surface area contributed by atoms with Crippen LogP contribution in [0.4, 0.5) is 11.4 Å². The molecule has 2 amide bonds. The van der Waals surface area contributed by atoms with E-state index in [-0.39, 0.29) is 17.7 Å². The Morgan fingerprint density at radius 2 is 1.73 bits per heavy atom. The molecule has 2 aromatic rings. The molecule has 5 nitrogen and oxygen atoms in total. The molecule has 0 spiro atoms. The van der Waals surface area contributed by atoms with Crippen LogP contribution in [-0.2, 0) is 9.59 Å². The van der Waals surface area contributed by atoms with Crippen LogP contribution < -0.4 is 10.2 Å². The first-order chi connectivity index (χ1) is 12.6. The van der Waals surface area contributed by atoms with E-state index in [1.54, 1.807) is 11.9 Å². The standard InChI is InChI=1S/C21H25N3O2/c1-23(19-12-6-3-7-13-19)20(25)16-24-14-8-9-17(15-24)21(26)22-18-10-4-2-5-11-18/h2-7,10-13,17H,8-9,14-16H2,1H3,(H,22,26). The Morgan fingerprint density at radius 3 is 2.42 bits per heavy atom. The number of piperidine rings is 1. The number of carbonyl (C=O) groups is 2. The molecular formula is C21H25N3O2. The first-order valence-corrected chi connectivity index (χ1v) is 9.03. The van der Waals surface area contributed by atoms with Gasteiger partial charge in [0.2, 0.25) is 11.8 Å². The highest BCUT2D eigenvalue weighted by molar-refractivity contribution is 5.95. The van der Waals surface area contributed by atoms with Crippen LogP contribution in [0, 0.1) is 5.92 Å². The van der Waals surface area contributed by atoms with Gasteiger partial charge in [-0.1, -0.05) is 36.4 Å². The van der Waals surface area contributed by atoms with E-state index in [2.05, 4.69) is 10.2 Å². The average molecular weight is 351 g/mol. The summed E-state index contributed by atoms with van der Waals surface area (Å²) in [6.07, 6.45) is 1.78. The molecule has 5 heteroatoms. The molecule has 1 aliphatic rings. The van der Waals surface area contributed by atoms with E-state index >= 15 is 0 Å². The van der Waals surface area contributed by atoms with E-state index < -0.39 is 0 Å². The lowest BCUT2D eigenvalue weighted by Gasteiger charge is -2.32. The summed E-state index contributed by atoms with van der Waals surface area (Å²) in [7, 11) is 1.79. The van der Waals surface area contributed by atoms with Crippen molar-refractivity contribution >= 4 is 23.2 Å². The minimum Gasteiger partial charge on any atom is -0.326 e. The van der Waals surface area contributed by atoms with Crippen LogP contribution in [0.2, 0.25) is 0 Å². The van der Waals surface area contributed by atoms with Gasteiger partial charge < -0.3 is 10.2 Å². The number of likely N-dealkylation sites (N-methyl/N-ethyl adjacent to an activating group) is 1. The number of hydrogen-bond donors (Lipinski definition) is 1. The van der Waals surface area contributed by atoms with Gasteiger partial charge in [0, 0.05) is 25.0 Å². The monoisotopic (exact) mass is 351 g/mol. The van der Waals surface area contributed by atoms with Crippen molar-refractivity contribution in [3.8, 4) is 0 Å². The minimum atomic E-state index is -0.0845. The van der Waals surface area contributed by atoms with Gasteiger partial charge in [-0.05, 0) is 43.7 Å². The molecule has 26 heavy (non-hydrogen) atoms. The van der Waals surface area contributed by atoms with Gasteiger partial charge in [0.1, 0.15) is 0 Å².